The van der Waals surface area contributed by atoms with E-state index in [4.69, 9.17) is 4.74 Å². The Balaban J connectivity index is 2.71. The van der Waals surface area contributed by atoms with Crippen LogP contribution in [0.1, 0.15) is 33.6 Å². The molecule has 1 heterocycles. The molecule has 1 amide bonds. The van der Waals surface area contributed by atoms with Gasteiger partial charge in [0, 0.05) is 7.11 Å². The van der Waals surface area contributed by atoms with E-state index in [9.17, 15) is 4.79 Å². The number of amidine groups is 1. The van der Waals surface area contributed by atoms with Crippen molar-refractivity contribution in [1.29, 1.82) is 0 Å². The van der Waals surface area contributed by atoms with E-state index in [0.29, 0.717) is 5.84 Å². The summed E-state index contributed by atoms with van der Waals surface area (Å²) in [5.74, 6) is 0.933. The summed E-state index contributed by atoms with van der Waals surface area (Å²) in [5.41, 5.74) is 0. The van der Waals surface area contributed by atoms with Crippen molar-refractivity contribution in [3.8, 4) is 0 Å². The zero-order valence-electron chi connectivity index (χ0n) is 9.91. The Kier molecular flexibility index (Phi) is 4.27. The van der Waals surface area contributed by atoms with Gasteiger partial charge in [-0.3, -0.25) is 9.79 Å². The molecule has 0 radical (unpaired) electrons. The van der Waals surface area contributed by atoms with Crippen LogP contribution in [-0.4, -0.2) is 31.0 Å². The molecule has 0 saturated carbocycles. The minimum absolute atomic E-state index is 0.00171. The predicted octanol–water partition coefficient (Wildman–Crippen LogP) is 1.35. The number of amides is 1. The van der Waals surface area contributed by atoms with Crippen molar-refractivity contribution in [2.45, 2.75) is 45.8 Å². The zero-order valence-corrected chi connectivity index (χ0v) is 9.91. The molecule has 0 aromatic rings. The number of nitrogens with zero attached hydrogens (tertiary/aromatic N) is 1. The first kappa shape index (κ1) is 12.2. The number of methoxy groups -OCH3 is 1. The maximum atomic E-state index is 11.6. The van der Waals surface area contributed by atoms with Gasteiger partial charge in [-0.05, 0) is 12.3 Å². The molecule has 0 aromatic heterocycles. The van der Waals surface area contributed by atoms with Gasteiger partial charge in [0.1, 0.15) is 18.0 Å². The normalized spacial score (nSPS) is 22.9. The van der Waals surface area contributed by atoms with Crippen LogP contribution in [-0.2, 0) is 9.53 Å². The highest BCUT2D eigenvalue weighted by atomic mass is 16.5. The van der Waals surface area contributed by atoms with Crippen LogP contribution in [0.25, 0.3) is 0 Å². The summed E-state index contributed by atoms with van der Waals surface area (Å²) >= 11 is 0. The molecule has 2 atom stereocenters. The van der Waals surface area contributed by atoms with Crippen molar-refractivity contribution in [2.24, 2.45) is 10.9 Å². The summed E-state index contributed by atoms with van der Waals surface area (Å²) in [4.78, 5) is 16.0. The smallest absolute Gasteiger partial charge is 0.250 e. The molecule has 1 rings (SSSR count). The molecule has 0 bridgehead atoms. The van der Waals surface area contributed by atoms with Gasteiger partial charge in [-0.25, -0.2) is 0 Å². The molecule has 0 fully saturated rings. The molecular formula is C11H20N2O2. The number of nitrogens with one attached hydrogen (secondary N) is 1. The maximum absolute atomic E-state index is 11.6. The van der Waals surface area contributed by atoms with Crippen LogP contribution < -0.4 is 5.32 Å². The Morgan fingerprint density at radius 2 is 2.20 bits per heavy atom. The van der Waals surface area contributed by atoms with E-state index in [0.717, 1.165) is 12.8 Å². The number of rotatable bonds is 5. The van der Waals surface area contributed by atoms with Gasteiger partial charge >= 0.3 is 0 Å². The van der Waals surface area contributed by atoms with E-state index in [1.807, 2.05) is 13.8 Å². The summed E-state index contributed by atoms with van der Waals surface area (Å²) in [7, 11) is 1.65. The highest BCUT2D eigenvalue weighted by Crippen LogP contribution is 2.14. The van der Waals surface area contributed by atoms with E-state index in [1.54, 1.807) is 7.11 Å². The second-order valence-electron chi connectivity index (χ2n) is 4.21. The Labute approximate surface area is 91.1 Å². The Bertz CT molecular complexity index is 261. The summed E-state index contributed by atoms with van der Waals surface area (Å²) < 4.78 is 5.31. The van der Waals surface area contributed by atoms with Gasteiger partial charge in [-0.1, -0.05) is 27.2 Å². The van der Waals surface area contributed by atoms with Crippen LogP contribution in [0.3, 0.4) is 0 Å². The van der Waals surface area contributed by atoms with Crippen LogP contribution in [0.15, 0.2) is 4.99 Å². The molecule has 0 aromatic carbocycles. The lowest BCUT2D eigenvalue weighted by Crippen LogP contribution is -2.37. The topological polar surface area (TPSA) is 50.7 Å². The molecule has 0 saturated heterocycles. The highest BCUT2D eigenvalue weighted by Gasteiger charge is 2.31. The van der Waals surface area contributed by atoms with Gasteiger partial charge in [-0.2, -0.15) is 0 Å². The minimum atomic E-state index is -0.241. The number of carbonyl (C=O) groups is 1. The lowest BCUT2D eigenvalue weighted by Gasteiger charge is -2.13. The summed E-state index contributed by atoms with van der Waals surface area (Å²) in [6.07, 6.45) is 1.84. The van der Waals surface area contributed by atoms with Crippen LogP contribution in [0.2, 0.25) is 0 Å². The fourth-order valence-electron chi connectivity index (χ4n) is 1.68. The van der Waals surface area contributed by atoms with E-state index >= 15 is 0 Å². The Morgan fingerprint density at radius 1 is 1.53 bits per heavy atom. The largest absolute Gasteiger partial charge is 0.374 e. The van der Waals surface area contributed by atoms with E-state index in [1.165, 1.54) is 0 Å². The van der Waals surface area contributed by atoms with Crippen molar-refractivity contribution in [3.05, 3.63) is 0 Å². The molecule has 4 heteroatoms. The average molecular weight is 212 g/mol. The third kappa shape index (κ3) is 2.78. The molecule has 0 spiro atoms. The molecule has 1 N–H and O–H groups in total. The quantitative estimate of drug-likeness (QED) is 0.748. The van der Waals surface area contributed by atoms with Crippen LogP contribution in [0.5, 0.6) is 0 Å². The Morgan fingerprint density at radius 3 is 2.60 bits per heavy atom. The predicted molar refractivity (Wildman–Crippen MR) is 59.9 cm³/mol. The summed E-state index contributed by atoms with van der Waals surface area (Å²) in [6.45, 7) is 6.08. The molecule has 15 heavy (non-hydrogen) atoms. The molecule has 1 aliphatic heterocycles. The summed E-state index contributed by atoms with van der Waals surface area (Å²) in [6, 6.07) is -0.241. The maximum Gasteiger partial charge on any atom is 0.250 e. The highest BCUT2D eigenvalue weighted by molar-refractivity contribution is 6.07. The van der Waals surface area contributed by atoms with Gasteiger partial charge in [0.15, 0.2) is 0 Å². The second-order valence-corrected chi connectivity index (χ2v) is 4.21. The van der Waals surface area contributed by atoms with E-state index < -0.39 is 0 Å². The fourth-order valence-corrected chi connectivity index (χ4v) is 1.68. The average Bonchev–Trinajstić information content (AvgIpc) is 2.56. The first-order valence-corrected chi connectivity index (χ1v) is 5.51. The molecule has 0 aliphatic carbocycles. The molecule has 1 aliphatic rings. The number of ether oxygens (including phenoxy) is 1. The van der Waals surface area contributed by atoms with E-state index in [-0.39, 0.29) is 24.0 Å². The van der Waals surface area contributed by atoms with Crippen molar-refractivity contribution in [2.75, 3.05) is 7.11 Å². The fraction of sp³-hybridized carbons (Fsp3) is 0.818. The number of hydrogen-bond donors (Lipinski definition) is 1. The lowest BCUT2D eigenvalue weighted by molar-refractivity contribution is -0.120. The van der Waals surface area contributed by atoms with Crippen LogP contribution >= 0.6 is 0 Å². The first-order chi connectivity index (χ1) is 7.10. The monoisotopic (exact) mass is 212 g/mol. The number of aliphatic imine (C=N–C) groups is 1. The molecule has 2 unspecified atom stereocenters. The third-order valence-electron chi connectivity index (χ3n) is 2.57. The van der Waals surface area contributed by atoms with Crippen LogP contribution in [0, 0.1) is 5.92 Å². The van der Waals surface area contributed by atoms with Crippen molar-refractivity contribution < 1.29 is 9.53 Å². The van der Waals surface area contributed by atoms with Crippen LogP contribution in [0.4, 0.5) is 0 Å². The Hall–Kier alpha value is -0.900. The van der Waals surface area contributed by atoms with Gasteiger partial charge in [0.2, 0.25) is 5.91 Å². The van der Waals surface area contributed by atoms with Gasteiger partial charge in [-0.15, -0.1) is 0 Å². The molecule has 4 nitrogen and oxygen atoms in total. The second kappa shape index (κ2) is 5.26. The van der Waals surface area contributed by atoms with Crippen molar-refractivity contribution >= 4 is 11.7 Å². The first-order valence-electron chi connectivity index (χ1n) is 5.51. The minimum Gasteiger partial charge on any atom is -0.374 e. The molecular weight excluding hydrogens is 192 g/mol. The standard InChI is InChI=1S/C11H20N2O2/c1-5-6-8(15-4)10-12-9(7(2)3)11(14)13-10/h7-9H,5-6H2,1-4H3,(H,12,13,14). The third-order valence-corrected chi connectivity index (χ3v) is 2.57. The van der Waals surface area contributed by atoms with Gasteiger partial charge < -0.3 is 10.1 Å². The van der Waals surface area contributed by atoms with Crippen molar-refractivity contribution in [1.82, 2.24) is 5.32 Å². The van der Waals surface area contributed by atoms with Gasteiger partial charge in [0.25, 0.3) is 0 Å². The number of carbonyl (C=O) groups excluding carboxylic acids is 1. The summed E-state index contributed by atoms with van der Waals surface area (Å²) in [5, 5.41) is 2.81. The zero-order chi connectivity index (χ0) is 11.4. The van der Waals surface area contributed by atoms with Crippen molar-refractivity contribution in [3.63, 3.8) is 0 Å². The van der Waals surface area contributed by atoms with E-state index in [2.05, 4.69) is 17.2 Å². The molecule has 86 valence electrons. The SMILES string of the molecule is CCCC(OC)C1=NC(C(C)C)C(=O)N1. The lowest BCUT2D eigenvalue weighted by atomic mass is 10.1. The van der Waals surface area contributed by atoms with Gasteiger partial charge in [0.05, 0.1) is 0 Å². The number of hydrogen-bond acceptors (Lipinski definition) is 3.